The molecule has 0 fully saturated rings. The zero-order chi connectivity index (χ0) is 14.5. The Bertz CT molecular complexity index is 583. The number of halogens is 1. The van der Waals surface area contributed by atoms with E-state index in [-0.39, 0.29) is 11.9 Å². The van der Waals surface area contributed by atoms with Gasteiger partial charge < -0.3 is 10.1 Å². The van der Waals surface area contributed by atoms with Crippen molar-refractivity contribution in [1.29, 1.82) is 0 Å². The second-order valence-corrected chi connectivity index (χ2v) is 4.96. The average Bonchev–Trinajstić information content (AvgIpc) is 2.48. The topological polar surface area (TPSA) is 21.3 Å². The van der Waals surface area contributed by atoms with Crippen LogP contribution in [0.5, 0.6) is 5.75 Å². The van der Waals surface area contributed by atoms with Gasteiger partial charge in [-0.05, 0) is 48.7 Å². The van der Waals surface area contributed by atoms with Crippen LogP contribution in [0.25, 0.3) is 0 Å². The molecule has 0 bridgehead atoms. The normalized spacial score (nSPS) is 12.2. The molecule has 0 radical (unpaired) electrons. The molecule has 0 heterocycles. The van der Waals surface area contributed by atoms with Gasteiger partial charge in [0.25, 0.3) is 0 Å². The van der Waals surface area contributed by atoms with Crippen LogP contribution in [0.2, 0.25) is 0 Å². The van der Waals surface area contributed by atoms with E-state index in [1.165, 1.54) is 11.6 Å². The quantitative estimate of drug-likeness (QED) is 0.889. The van der Waals surface area contributed by atoms with E-state index in [0.29, 0.717) is 12.1 Å². The minimum atomic E-state index is -0.158. The molecular formula is C17H20FNO. The van der Waals surface area contributed by atoms with Gasteiger partial charge in [0.2, 0.25) is 0 Å². The Morgan fingerprint density at radius 2 is 2.00 bits per heavy atom. The van der Waals surface area contributed by atoms with E-state index in [0.717, 1.165) is 11.3 Å². The number of nitrogens with one attached hydrogen (secondary N) is 1. The molecule has 2 aromatic rings. The number of ether oxygens (including phenoxy) is 1. The average molecular weight is 273 g/mol. The number of aryl methyl sites for hydroxylation is 1. The molecule has 1 atom stereocenters. The third-order valence-electron chi connectivity index (χ3n) is 3.43. The van der Waals surface area contributed by atoms with Crippen LogP contribution in [0.15, 0.2) is 42.5 Å². The van der Waals surface area contributed by atoms with Crippen LogP contribution in [-0.4, -0.2) is 7.11 Å². The fourth-order valence-corrected chi connectivity index (χ4v) is 2.12. The van der Waals surface area contributed by atoms with E-state index in [4.69, 9.17) is 4.74 Å². The number of rotatable bonds is 5. The molecule has 0 saturated heterocycles. The van der Waals surface area contributed by atoms with Gasteiger partial charge in [0.05, 0.1) is 7.11 Å². The minimum absolute atomic E-state index is 0.158. The molecule has 0 aliphatic rings. The summed E-state index contributed by atoms with van der Waals surface area (Å²) in [4.78, 5) is 0. The molecule has 0 saturated carbocycles. The number of benzene rings is 2. The molecular weight excluding hydrogens is 253 g/mol. The lowest BCUT2D eigenvalue weighted by atomic mass is 10.1. The molecule has 2 nitrogen and oxygen atoms in total. The maximum atomic E-state index is 13.2. The van der Waals surface area contributed by atoms with Crippen LogP contribution >= 0.6 is 0 Å². The van der Waals surface area contributed by atoms with Crippen molar-refractivity contribution < 1.29 is 9.13 Å². The summed E-state index contributed by atoms with van der Waals surface area (Å²) in [5.74, 6) is 0.698. The summed E-state index contributed by atoms with van der Waals surface area (Å²) in [6, 6.07) is 13.4. The van der Waals surface area contributed by atoms with Gasteiger partial charge in [-0.3, -0.25) is 0 Å². The second kappa shape index (κ2) is 6.53. The SMILES string of the molecule is COc1cccc(C(C)NCc2ccc(F)c(C)c2)c1. The van der Waals surface area contributed by atoms with Gasteiger partial charge in [0.15, 0.2) is 0 Å². The molecule has 2 rings (SSSR count). The molecule has 0 amide bonds. The van der Waals surface area contributed by atoms with Gasteiger partial charge in [-0.25, -0.2) is 4.39 Å². The van der Waals surface area contributed by atoms with Gasteiger partial charge in [-0.1, -0.05) is 24.3 Å². The summed E-state index contributed by atoms with van der Waals surface area (Å²) in [5.41, 5.74) is 2.93. The monoisotopic (exact) mass is 273 g/mol. The minimum Gasteiger partial charge on any atom is -0.497 e. The van der Waals surface area contributed by atoms with Crippen molar-refractivity contribution in [2.75, 3.05) is 7.11 Å². The highest BCUT2D eigenvalue weighted by molar-refractivity contribution is 5.30. The third kappa shape index (κ3) is 3.58. The first-order chi connectivity index (χ1) is 9.60. The molecule has 3 heteroatoms. The summed E-state index contributed by atoms with van der Waals surface area (Å²) in [5, 5.41) is 3.44. The van der Waals surface area contributed by atoms with Crippen LogP contribution in [-0.2, 0) is 6.54 Å². The Morgan fingerprint density at radius 1 is 1.20 bits per heavy atom. The summed E-state index contributed by atoms with van der Waals surface area (Å²) >= 11 is 0. The van der Waals surface area contributed by atoms with Crippen molar-refractivity contribution in [3.05, 3.63) is 65.0 Å². The lowest BCUT2D eigenvalue weighted by molar-refractivity contribution is 0.413. The first kappa shape index (κ1) is 14.5. The Morgan fingerprint density at radius 3 is 2.70 bits per heavy atom. The lowest BCUT2D eigenvalue weighted by Crippen LogP contribution is -2.18. The lowest BCUT2D eigenvalue weighted by Gasteiger charge is -2.15. The molecule has 1 N–H and O–H groups in total. The van der Waals surface area contributed by atoms with E-state index in [9.17, 15) is 4.39 Å². The number of methoxy groups -OCH3 is 1. The van der Waals surface area contributed by atoms with Gasteiger partial charge in [-0.2, -0.15) is 0 Å². The number of hydrogen-bond acceptors (Lipinski definition) is 2. The maximum absolute atomic E-state index is 13.2. The van der Waals surface area contributed by atoms with Crippen molar-refractivity contribution in [2.24, 2.45) is 0 Å². The Balaban J connectivity index is 2.00. The van der Waals surface area contributed by atoms with Crippen molar-refractivity contribution in [3.8, 4) is 5.75 Å². The molecule has 2 aromatic carbocycles. The summed E-state index contributed by atoms with van der Waals surface area (Å²) < 4.78 is 18.4. The molecule has 0 spiro atoms. The highest BCUT2D eigenvalue weighted by Crippen LogP contribution is 2.19. The van der Waals surface area contributed by atoms with Crippen molar-refractivity contribution in [3.63, 3.8) is 0 Å². The van der Waals surface area contributed by atoms with Crippen molar-refractivity contribution >= 4 is 0 Å². The van der Waals surface area contributed by atoms with Crippen LogP contribution in [0.1, 0.15) is 29.7 Å². The molecule has 0 aliphatic carbocycles. The molecule has 20 heavy (non-hydrogen) atoms. The molecule has 1 unspecified atom stereocenters. The Labute approximate surface area is 119 Å². The highest BCUT2D eigenvalue weighted by Gasteiger charge is 2.06. The zero-order valence-electron chi connectivity index (χ0n) is 12.1. The third-order valence-corrected chi connectivity index (χ3v) is 3.43. The predicted molar refractivity (Wildman–Crippen MR) is 79.4 cm³/mol. The first-order valence-corrected chi connectivity index (χ1v) is 6.72. The molecule has 0 aliphatic heterocycles. The van der Waals surface area contributed by atoms with E-state index in [1.807, 2.05) is 30.3 Å². The van der Waals surface area contributed by atoms with Crippen molar-refractivity contribution in [1.82, 2.24) is 5.32 Å². The van der Waals surface area contributed by atoms with Gasteiger partial charge in [0.1, 0.15) is 11.6 Å². The highest BCUT2D eigenvalue weighted by atomic mass is 19.1. The summed E-state index contributed by atoms with van der Waals surface area (Å²) in [7, 11) is 1.67. The van der Waals surface area contributed by atoms with Crippen LogP contribution in [0, 0.1) is 12.7 Å². The second-order valence-electron chi connectivity index (χ2n) is 4.96. The van der Waals surface area contributed by atoms with Gasteiger partial charge >= 0.3 is 0 Å². The van der Waals surface area contributed by atoms with E-state index in [1.54, 1.807) is 14.0 Å². The standard InChI is InChI=1S/C17H20FNO/c1-12-9-14(7-8-17(12)18)11-19-13(2)15-5-4-6-16(10-15)20-3/h4-10,13,19H,11H2,1-3H3. The summed E-state index contributed by atoms with van der Waals surface area (Å²) in [6.45, 7) is 4.59. The Kier molecular flexibility index (Phi) is 4.74. The first-order valence-electron chi connectivity index (χ1n) is 6.72. The molecule has 0 aromatic heterocycles. The van der Waals surface area contributed by atoms with E-state index in [2.05, 4.69) is 18.3 Å². The predicted octanol–water partition coefficient (Wildman–Crippen LogP) is 3.99. The van der Waals surface area contributed by atoms with Gasteiger partial charge in [0, 0.05) is 12.6 Å². The fraction of sp³-hybridized carbons (Fsp3) is 0.294. The van der Waals surface area contributed by atoms with Crippen LogP contribution in [0.3, 0.4) is 0 Å². The Hall–Kier alpha value is -1.87. The largest absolute Gasteiger partial charge is 0.497 e. The van der Waals surface area contributed by atoms with Crippen LogP contribution in [0.4, 0.5) is 4.39 Å². The van der Waals surface area contributed by atoms with Crippen LogP contribution < -0.4 is 10.1 Å². The smallest absolute Gasteiger partial charge is 0.126 e. The zero-order valence-corrected chi connectivity index (χ0v) is 12.1. The fourth-order valence-electron chi connectivity index (χ4n) is 2.12. The van der Waals surface area contributed by atoms with Crippen molar-refractivity contribution in [2.45, 2.75) is 26.4 Å². The number of hydrogen-bond donors (Lipinski definition) is 1. The van der Waals surface area contributed by atoms with E-state index < -0.39 is 0 Å². The summed E-state index contributed by atoms with van der Waals surface area (Å²) in [6.07, 6.45) is 0. The maximum Gasteiger partial charge on any atom is 0.126 e. The molecule has 106 valence electrons. The van der Waals surface area contributed by atoms with E-state index >= 15 is 0 Å². The van der Waals surface area contributed by atoms with Gasteiger partial charge in [-0.15, -0.1) is 0 Å².